The topological polar surface area (TPSA) is 24.5 Å². The maximum Gasteiger partial charge on any atom is 0.0630 e. The summed E-state index contributed by atoms with van der Waals surface area (Å²) in [7, 11) is 6.01. The number of nitrogens with one attached hydrogen (secondary N) is 1. The monoisotopic (exact) mass is 214 g/mol. The van der Waals surface area contributed by atoms with E-state index < -0.39 is 0 Å². The van der Waals surface area contributed by atoms with Crippen molar-refractivity contribution >= 4 is 0 Å². The van der Waals surface area contributed by atoms with Crippen LogP contribution in [-0.2, 0) is 4.74 Å². The fraction of sp³-hybridized carbons (Fsp3) is 1.00. The molecule has 1 atom stereocenters. The standard InChI is InChI=1S/C12H26N2O/c1-13-8-12(10-15-3)14(2)9-11-6-4-5-7-11/h11-13H,4-10H2,1-3H3. The van der Waals surface area contributed by atoms with Crippen LogP contribution in [0.15, 0.2) is 0 Å². The molecule has 1 saturated carbocycles. The summed E-state index contributed by atoms with van der Waals surface area (Å²) in [5.74, 6) is 0.922. The van der Waals surface area contributed by atoms with Gasteiger partial charge in [0, 0.05) is 26.2 Å². The van der Waals surface area contributed by atoms with E-state index in [1.165, 1.54) is 32.2 Å². The Balaban J connectivity index is 2.29. The Hall–Kier alpha value is -0.120. The van der Waals surface area contributed by atoms with E-state index >= 15 is 0 Å². The number of ether oxygens (including phenoxy) is 1. The van der Waals surface area contributed by atoms with Gasteiger partial charge in [-0.25, -0.2) is 0 Å². The molecule has 1 fully saturated rings. The van der Waals surface area contributed by atoms with Gasteiger partial charge >= 0.3 is 0 Å². The van der Waals surface area contributed by atoms with Crippen LogP contribution in [0.3, 0.4) is 0 Å². The maximum absolute atomic E-state index is 5.26. The van der Waals surface area contributed by atoms with E-state index in [0.29, 0.717) is 6.04 Å². The van der Waals surface area contributed by atoms with Crippen molar-refractivity contribution in [2.24, 2.45) is 5.92 Å². The predicted octanol–water partition coefficient (Wildman–Crippen LogP) is 1.34. The lowest BCUT2D eigenvalue weighted by atomic mass is 10.1. The molecule has 0 radical (unpaired) electrons. The Morgan fingerprint density at radius 3 is 2.60 bits per heavy atom. The average Bonchev–Trinajstić information content (AvgIpc) is 2.70. The zero-order valence-corrected chi connectivity index (χ0v) is 10.5. The summed E-state index contributed by atoms with van der Waals surface area (Å²) < 4.78 is 5.26. The van der Waals surface area contributed by atoms with Crippen LogP contribution in [0.1, 0.15) is 25.7 Å². The minimum Gasteiger partial charge on any atom is -0.383 e. The molecule has 0 aromatic carbocycles. The summed E-state index contributed by atoms with van der Waals surface area (Å²) in [6.45, 7) is 3.07. The Morgan fingerprint density at radius 1 is 1.40 bits per heavy atom. The first-order valence-electron chi connectivity index (χ1n) is 6.11. The van der Waals surface area contributed by atoms with Crippen LogP contribution in [0, 0.1) is 5.92 Å². The first-order chi connectivity index (χ1) is 7.27. The molecule has 0 bridgehead atoms. The molecular formula is C12H26N2O. The summed E-state index contributed by atoms with van der Waals surface area (Å²) in [5, 5.41) is 3.24. The van der Waals surface area contributed by atoms with E-state index in [1.54, 1.807) is 7.11 Å². The molecule has 1 rings (SSSR count). The van der Waals surface area contributed by atoms with Gasteiger partial charge in [0.25, 0.3) is 0 Å². The van der Waals surface area contributed by atoms with E-state index in [9.17, 15) is 0 Å². The van der Waals surface area contributed by atoms with Crippen molar-refractivity contribution in [3.05, 3.63) is 0 Å². The summed E-state index contributed by atoms with van der Waals surface area (Å²) in [6, 6.07) is 0.514. The van der Waals surface area contributed by atoms with Gasteiger partial charge in [-0.15, -0.1) is 0 Å². The van der Waals surface area contributed by atoms with Gasteiger partial charge in [-0.1, -0.05) is 12.8 Å². The Morgan fingerprint density at radius 2 is 2.07 bits per heavy atom. The zero-order chi connectivity index (χ0) is 11.1. The highest BCUT2D eigenvalue weighted by Crippen LogP contribution is 2.25. The normalized spacial score (nSPS) is 20.0. The van der Waals surface area contributed by atoms with Crippen molar-refractivity contribution in [2.45, 2.75) is 31.7 Å². The average molecular weight is 214 g/mol. The minimum absolute atomic E-state index is 0.514. The second kappa shape index (κ2) is 7.20. The SMILES string of the molecule is CNCC(COC)N(C)CC1CCCC1. The van der Waals surface area contributed by atoms with Crippen molar-refractivity contribution < 1.29 is 4.74 Å². The van der Waals surface area contributed by atoms with Crippen molar-refractivity contribution in [2.75, 3.05) is 40.9 Å². The zero-order valence-electron chi connectivity index (χ0n) is 10.5. The number of nitrogens with zero attached hydrogens (tertiary/aromatic N) is 1. The predicted molar refractivity (Wildman–Crippen MR) is 64.2 cm³/mol. The molecule has 0 aliphatic heterocycles. The first kappa shape index (κ1) is 12.9. The van der Waals surface area contributed by atoms with Gasteiger partial charge in [0.1, 0.15) is 0 Å². The number of likely N-dealkylation sites (N-methyl/N-ethyl adjacent to an activating group) is 2. The molecule has 3 nitrogen and oxygen atoms in total. The fourth-order valence-corrected chi connectivity index (χ4v) is 2.52. The van der Waals surface area contributed by atoms with E-state index in [2.05, 4.69) is 17.3 Å². The molecule has 1 aliphatic rings. The molecule has 0 saturated heterocycles. The van der Waals surface area contributed by atoms with E-state index in [-0.39, 0.29) is 0 Å². The molecule has 90 valence electrons. The first-order valence-corrected chi connectivity index (χ1v) is 6.11. The molecular weight excluding hydrogens is 188 g/mol. The van der Waals surface area contributed by atoms with Gasteiger partial charge in [-0.2, -0.15) is 0 Å². The molecule has 1 N–H and O–H groups in total. The third kappa shape index (κ3) is 4.49. The minimum atomic E-state index is 0.514. The lowest BCUT2D eigenvalue weighted by Crippen LogP contribution is -2.44. The summed E-state index contributed by atoms with van der Waals surface area (Å²) in [5.41, 5.74) is 0. The van der Waals surface area contributed by atoms with Crippen molar-refractivity contribution in [3.63, 3.8) is 0 Å². The van der Waals surface area contributed by atoms with Crippen LogP contribution in [0.2, 0.25) is 0 Å². The molecule has 0 heterocycles. The summed E-state index contributed by atoms with van der Waals surface area (Å²) in [6.07, 6.45) is 5.70. The molecule has 0 spiro atoms. The van der Waals surface area contributed by atoms with Crippen LogP contribution in [0.4, 0.5) is 0 Å². The third-order valence-corrected chi connectivity index (χ3v) is 3.44. The highest BCUT2D eigenvalue weighted by Gasteiger charge is 2.20. The van der Waals surface area contributed by atoms with Gasteiger partial charge in [0.15, 0.2) is 0 Å². The summed E-state index contributed by atoms with van der Waals surface area (Å²) >= 11 is 0. The lowest BCUT2D eigenvalue weighted by Gasteiger charge is -2.29. The van der Waals surface area contributed by atoms with Gasteiger partial charge < -0.3 is 10.1 Å². The molecule has 0 aromatic rings. The Labute approximate surface area is 94.2 Å². The van der Waals surface area contributed by atoms with E-state index in [0.717, 1.165) is 19.1 Å². The second-order valence-electron chi connectivity index (χ2n) is 4.76. The Bertz CT molecular complexity index is 152. The van der Waals surface area contributed by atoms with Crippen molar-refractivity contribution in [1.29, 1.82) is 0 Å². The number of hydrogen-bond acceptors (Lipinski definition) is 3. The highest BCUT2D eigenvalue weighted by atomic mass is 16.5. The lowest BCUT2D eigenvalue weighted by molar-refractivity contribution is 0.0969. The third-order valence-electron chi connectivity index (χ3n) is 3.44. The molecule has 1 aliphatic carbocycles. The highest BCUT2D eigenvalue weighted by molar-refractivity contribution is 4.76. The largest absolute Gasteiger partial charge is 0.383 e. The van der Waals surface area contributed by atoms with Crippen LogP contribution in [-0.4, -0.2) is 51.8 Å². The van der Waals surface area contributed by atoms with Crippen LogP contribution >= 0.6 is 0 Å². The maximum atomic E-state index is 5.26. The molecule has 1 unspecified atom stereocenters. The molecule has 0 aromatic heterocycles. The quantitative estimate of drug-likeness (QED) is 0.692. The van der Waals surface area contributed by atoms with E-state index in [1.807, 2.05) is 7.05 Å². The molecule has 0 amide bonds. The number of methoxy groups -OCH3 is 1. The van der Waals surface area contributed by atoms with Gasteiger partial charge in [-0.05, 0) is 32.9 Å². The number of rotatable bonds is 7. The number of hydrogen-bond donors (Lipinski definition) is 1. The Kier molecular flexibility index (Phi) is 6.22. The molecule has 3 heteroatoms. The van der Waals surface area contributed by atoms with Crippen LogP contribution in [0.5, 0.6) is 0 Å². The molecule has 15 heavy (non-hydrogen) atoms. The summed E-state index contributed by atoms with van der Waals surface area (Å²) in [4.78, 5) is 2.45. The fourth-order valence-electron chi connectivity index (χ4n) is 2.52. The second-order valence-corrected chi connectivity index (χ2v) is 4.76. The van der Waals surface area contributed by atoms with Crippen molar-refractivity contribution in [3.8, 4) is 0 Å². The van der Waals surface area contributed by atoms with Gasteiger partial charge in [0.05, 0.1) is 6.61 Å². The van der Waals surface area contributed by atoms with Crippen molar-refractivity contribution in [1.82, 2.24) is 10.2 Å². The van der Waals surface area contributed by atoms with Crippen LogP contribution < -0.4 is 5.32 Å². The van der Waals surface area contributed by atoms with Crippen LogP contribution in [0.25, 0.3) is 0 Å². The van der Waals surface area contributed by atoms with Gasteiger partial charge in [0.2, 0.25) is 0 Å². The smallest absolute Gasteiger partial charge is 0.0630 e. The van der Waals surface area contributed by atoms with Gasteiger partial charge in [-0.3, -0.25) is 4.90 Å². The van der Waals surface area contributed by atoms with E-state index in [4.69, 9.17) is 4.74 Å².